The Balaban J connectivity index is 2.26. The summed E-state index contributed by atoms with van der Waals surface area (Å²) in [6, 6.07) is 12.4. The van der Waals surface area contributed by atoms with Crippen LogP contribution < -0.4 is 0 Å². The fourth-order valence-electron chi connectivity index (χ4n) is 2.98. The molecule has 1 unspecified atom stereocenters. The molecular weight excluding hydrogens is 249 g/mol. The van der Waals surface area contributed by atoms with E-state index in [4.69, 9.17) is 0 Å². The van der Waals surface area contributed by atoms with Gasteiger partial charge in [0, 0.05) is 0 Å². The summed E-state index contributed by atoms with van der Waals surface area (Å²) in [6.45, 7) is 3.54. The fraction of sp³-hybridized carbons (Fsp3) is 0.250. The van der Waals surface area contributed by atoms with Crippen LogP contribution in [-0.4, -0.2) is 6.18 Å². The second-order valence-electron chi connectivity index (χ2n) is 5.04. The number of fused-ring (bicyclic) bond motifs is 1. The zero-order chi connectivity index (χ0) is 13.7. The minimum Gasteiger partial charge on any atom is -0.170 e. The first kappa shape index (κ1) is 12.3. The van der Waals surface area contributed by atoms with Gasteiger partial charge in [-0.1, -0.05) is 48.5 Å². The first-order chi connectivity index (χ1) is 9.00. The summed E-state index contributed by atoms with van der Waals surface area (Å²) in [6.07, 6.45) is -2.71. The molecular formula is C16H13F3. The van der Waals surface area contributed by atoms with Gasteiger partial charge >= 0.3 is 6.18 Å². The number of benzene rings is 2. The molecule has 0 amide bonds. The Morgan fingerprint density at radius 2 is 1.79 bits per heavy atom. The lowest BCUT2D eigenvalue weighted by Crippen LogP contribution is -2.31. The lowest BCUT2D eigenvalue weighted by atomic mass is 9.88. The van der Waals surface area contributed by atoms with Crippen molar-refractivity contribution in [1.82, 2.24) is 0 Å². The van der Waals surface area contributed by atoms with Gasteiger partial charge in [0.2, 0.25) is 0 Å². The molecule has 19 heavy (non-hydrogen) atoms. The fourth-order valence-corrected chi connectivity index (χ4v) is 2.98. The second-order valence-corrected chi connectivity index (χ2v) is 5.04. The van der Waals surface area contributed by atoms with Gasteiger partial charge in [0.25, 0.3) is 0 Å². The van der Waals surface area contributed by atoms with Crippen molar-refractivity contribution in [3.8, 4) is 0 Å². The highest BCUT2D eigenvalue weighted by Crippen LogP contribution is 2.64. The lowest BCUT2D eigenvalue weighted by Gasteiger charge is -2.22. The second kappa shape index (κ2) is 3.86. The van der Waals surface area contributed by atoms with Crippen molar-refractivity contribution in [2.75, 3.05) is 0 Å². The summed E-state index contributed by atoms with van der Waals surface area (Å²) in [5, 5.41) is 1.53. The molecule has 1 saturated carbocycles. The predicted octanol–water partition coefficient (Wildman–Crippen LogP) is 4.85. The molecule has 0 nitrogen and oxygen atoms in total. The van der Waals surface area contributed by atoms with Crippen LogP contribution in [0.5, 0.6) is 0 Å². The molecule has 0 heterocycles. The van der Waals surface area contributed by atoms with Crippen LogP contribution in [0.15, 0.2) is 55.1 Å². The van der Waals surface area contributed by atoms with E-state index in [9.17, 15) is 13.2 Å². The first-order valence-electron chi connectivity index (χ1n) is 6.18. The highest BCUT2D eigenvalue weighted by molar-refractivity contribution is 5.87. The summed E-state index contributed by atoms with van der Waals surface area (Å²) in [5.41, 5.74) is -1.36. The van der Waals surface area contributed by atoms with Gasteiger partial charge in [-0.25, -0.2) is 0 Å². The topological polar surface area (TPSA) is 0 Å². The maximum atomic E-state index is 13.5. The molecule has 1 aliphatic carbocycles. The monoisotopic (exact) mass is 262 g/mol. The third kappa shape index (κ3) is 1.61. The lowest BCUT2D eigenvalue weighted by molar-refractivity contribution is -0.163. The zero-order valence-electron chi connectivity index (χ0n) is 10.2. The van der Waals surface area contributed by atoms with Gasteiger partial charge in [-0.05, 0) is 28.7 Å². The van der Waals surface area contributed by atoms with Crippen LogP contribution >= 0.6 is 0 Å². The third-order valence-corrected chi connectivity index (χ3v) is 4.08. The Morgan fingerprint density at radius 3 is 2.42 bits per heavy atom. The van der Waals surface area contributed by atoms with E-state index in [1.54, 1.807) is 24.3 Å². The first-order valence-corrected chi connectivity index (χ1v) is 6.18. The Labute approximate surface area is 109 Å². The van der Waals surface area contributed by atoms with Gasteiger partial charge < -0.3 is 0 Å². The molecule has 2 aromatic carbocycles. The normalized spacial score (nSPS) is 26.4. The van der Waals surface area contributed by atoms with Gasteiger partial charge in [-0.15, -0.1) is 6.58 Å². The average molecular weight is 262 g/mol. The van der Waals surface area contributed by atoms with Crippen LogP contribution in [0.1, 0.15) is 12.0 Å². The molecule has 0 radical (unpaired) electrons. The molecule has 3 rings (SSSR count). The summed E-state index contributed by atoms with van der Waals surface area (Å²) in [5.74, 6) is -0.515. The zero-order valence-corrected chi connectivity index (χ0v) is 10.2. The van der Waals surface area contributed by atoms with Crippen molar-refractivity contribution in [1.29, 1.82) is 0 Å². The van der Waals surface area contributed by atoms with Crippen molar-refractivity contribution in [2.45, 2.75) is 18.0 Å². The summed E-state index contributed by atoms with van der Waals surface area (Å²) in [7, 11) is 0. The van der Waals surface area contributed by atoms with Crippen molar-refractivity contribution in [3.05, 3.63) is 60.7 Å². The van der Waals surface area contributed by atoms with E-state index in [0.29, 0.717) is 10.9 Å². The maximum absolute atomic E-state index is 13.5. The van der Waals surface area contributed by atoms with Crippen LogP contribution in [0, 0.1) is 5.92 Å². The van der Waals surface area contributed by atoms with Crippen LogP contribution in [-0.2, 0) is 5.41 Å². The maximum Gasteiger partial charge on any atom is 0.399 e. The van der Waals surface area contributed by atoms with Gasteiger partial charge in [0.15, 0.2) is 0 Å². The molecule has 0 bridgehead atoms. The van der Waals surface area contributed by atoms with Gasteiger partial charge in [-0.3, -0.25) is 0 Å². The van der Waals surface area contributed by atoms with E-state index in [0.717, 1.165) is 5.39 Å². The molecule has 1 aliphatic rings. The van der Waals surface area contributed by atoms with Gasteiger partial charge in [-0.2, -0.15) is 13.2 Å². The van der Waals surface area contributed by atoms with Crippen molar-refractivity contribution >= 4 is 10.8 Å². The number of hydrogen-bond acceptors (Lipinski definition) is 0. The van der Waals surface area contributed by atoms with E-state index in [-0.39, 0.29) is 6.42 Å². The molecule has 98 valence electrons. The number of halogens is 3. The Hall–Kier alpha value is -1.77. The summed E-state index contributed by atoms with van der Waals surface area (Å²) in [4.78, 5) is 0. The Kier molecular flexibility index (Phi) is 2.49. The van der Waals surface area contributed by atoms with Crippen molar-refractivity contribution in [2.24, 2.45) is 5.92 Å². The van der Waals surface area contributed by atoms with Crippen molar-refractivity contribution in [3.63, 3.8) is 0 Å². The molecule has 2 aromatic rings. The predicted molar refractivity (Wildman–Crippen MR) is 70.0 cm³/mol. The highest BCUT2D eigenvalue weighted by atomic mass is 19.4. The average Bonchev–Trinajstić information content (AvgIpc) is 3.13. The number of hydrogen-bond donors (Lipinski definition) is 0. The van der Waals surface area contributed by atoms with E-state index < -0.39 is 17.5 Å². The van der Waals surface area contributed by atoms with Gasteiger partial charge in [0.1, 0.15) is 0 Å². The minimum atomic E-state index is -4.24. The molecule has 2 atom stereocenters. The molecule has 0 N–H and O–H groups in total. The van der Waals surface area contributed by atoms with E-state index in [1.165, 1.54) is 6.08 Å². The minimum absolute atomic E-state index is 0.105. The molecule has 0 aliphatic heterocycles. The third-order valence-electron chi connectivity index (χ3n) is 4.08. The van der Waals surface area contributed by atoms with Crippen LogP contribution in [0.25, 0.3) is 10.8 Å². The Bertz CT molecular complexity index is 636. The molecule has 0 aromatic heterocycles. The molecule has 3 heteroatoms. The quantitative estimate of drug-likeness (QED) is 0.679. The molecule has 0 saturated heterocycles. The van der Waals surface area contributed by atoms with Gasteiger partial charge in [0.05, 0.1) is 5.41 Å². The largest absolute Gasteiger partial charge is 0.399 e. The van der Waals surface area contributed by atoms with E-state index in [1.807, 2.05) is 18.2 Å². The van der Waals surface area contributed by atoms with Crippen LogP contribution in [0.3, 0.4) is 0 Å². The number of alkyl halides is 3. The SMILES string of the molecule is C=CC1C[C@]1(c1cccc2ccccc12)C(F)(F)F. The summed E-state index contributed by atoms with van der Waals surface area (Å²) >= 11 is 0. The standard InChI is InChI=1S/C16H13F3/c1-2-12-10-15(12,16(17,18)19)14-9-5-7-11-6-3-4-8-13(11)14/h2-9,12H,1,10H2/t12?,15-/m0/s1. The number of allylic oxidation sites excluding steroid dienone is 1. The highest BCUT2D eigenvalue weighted by Gasteiger charge is 2.70. The Morgan fingerprint density at radius 1 is 1.11 bits per heavy atom. The van der Waals surface area contributed by atoms with Crippen molar-refractivity contribution < 1.29 is 13.2 Å². The number of rotatable bonds is 2. The van der Waals surface area contributed by atoms with Crippen LogP contribution in [0.2, 0.25) is 0 Å². The van der Waals surface area contributed by atoms with E-state index in [2.05, 4.69) is 6.58 Å². The summed E-state index contributed by atoms with van der Waals surface area (Å²) < 4.78 is 40.5. The van der Waals surface area contributed by atoms with Crippen LogP contribution in [0.4, 0.5) is 13.2 Å². The smallest absolute Gasteiger partial charge is 0.170 e. The van der Waals surface area contributed by atoms with E-state index >= 15 is 0 Å². The molecule has 0 spiro atoms. The molecule has 1 fully saturated rings.